The maximum atomic E-state index is 6.31. The molecule has 0 bridgehead atoms. The summed E-state index contributed by atoms with van der Waals surface area (Å²) in [6.45, 7) is 4.06. The monoisotopic (exact) mass is 319 g/mol. The van der Waals surface area contributed by atoms with Crippen molar-refractivity contribution < 1.29 is 0 Å². The molecule has 2 heterocycles. The SMILES string of the molecule is CC(Cl)c1nc2cnccc2n1C(C)c1ccc(Cl)cc1. The van der Waals surface area contributed by atoms with Gasteiger partial charge in [0.25, 0.3) is 0 Å². The second kappa shape index (κ2) is 5.66. The van der Waals surface area contributed by atoms with Gasteiger partial charge >= 0.3 is 0 Å². The summed E-state index contributed by atoms with van der Waals surface area (Å²) in [5, 5.41) is 0.559. The fourth-order valence-electron chi connectivity index (χ4n) is 2.55. The van der Waals surface area contributed by atoms with Crippen molar-refractivity contribution in [3.05, 3.63) is 59.1 Å². The summed E-state index contributed by atoms with van der Waals surface area (Å²) in [6.07, 6.45) is 3.54. The molecule has 3 rings (SSSR count). The number of hydrogen-bond donors (Lipinski definition) is 0. The number of pyridine rings is 1. The van der Waals surface area contributed by atoms with Gasteiger partial charge in [-0.1, -0.05) is 23.7 Å². The Morgan fingerprint density at radius 3 is 2.48 bits per heavy atom. The summed E-state index contributed by atoms with van der Waals surface area (Å²) in [4.78, 5) is 8.75. The number of alkyl halides is 1. The fourth-order valence-corrected chi connectivity index (χ4v) is 2.83. The number of fused-ring (bicyclic) bond motifs is 1. The number of rotatable bonds is 3. The van der Waals surface area contributed by atoms with Crippen LogP contribution in [0, 0.1) is 0 Å². The quantitative estimate of drug-likeness (QED) is 0.636. The molecule has 0 saturated carbocycles. The van der Waals surface area contributed by atoms with Crippen molar-refractivity contribution in [2.45, 2.75) is 25.3 Å². The van der Waals surface area contributed by atoms with E-state index in [-0.39, 0.29) is 11.4 Å². The van der Waals surface area contributed by atoms with Crippen molar-refractivity contribution in [3.63, 3.8) is 0 Å². The van der Waals surface area contributed by atoms with Crippen LogP contribution in [0.2, 0.25) is 5.02 Å². The second-order valence-corrected chi connectivity index (χ2v) is 6.14. The fraction of sp³-hybridized carbons (Fsp3) is 0.250. The number of aromatic nitrogens is 3. The second-order valence-electron chi connectivity index (χ2n) is 5.05. The van der Waals surface area contributed by atoms with E-state index in [1.54, 1.807) is 12.4 Å². The minimum absolute atomic E-state index is 0.117. The molecule has 0 aliphatic heterocycles. The molecule has 0 aliphatic rings. The van der Waals surface area contributed by atoms with Crippen LogP contribution in [0.3, 0.4) is 0 Å². The maximum absolute atomic E-state index is 6.31. The Balaban J connectivity index is 2.17. The van der Waals surface area contributed by atoms with E-state index in [2.05, 4.69) is 21.5 Å². The smallest absolute Gasteiger partial charge is 0.128 e. The molecule has 1 aromatic carbocycles. The van der Waals surface area contributed by atoms with Gasteiger partial charge in [0.1, 0.15) is 11.3 Å². The summed E-state index contributed by atoms with van der Waals surface area (Å²) in [5.41, 5.74) is 3.06. The van der Waals surface area contributed by atoms with E-state index >= 15 is 0 Å². The standard InChI is InChI=1S/C16H15Cl2N3/c1-10(17)16-20-14-9-19-8-7-15(14)21(16)11(2)12-3-5-13(18)6-4-12/h3-11H,1-2H3. The minimum atomic E-state index is -0.174. The van der Waals surface area contributed by atoms with Crippen LogP contribution in [0.15, 0.2) is 42.7 Å². The van der Waals surface area contributed by atoms with Crippen LogP contribution in [0.25, 0.3) is 11.0 Å². The largest absolute Gasteiger partial charge is 0.319 e. The molecular formula is C16H15Cl2N3. The summed E-state index contributed by atoms with van der Waals surface area (Å²) in [7, 11) is 0. The van der Waals surface area contributed by atoms with Gasteiger partial charge < -0.3 is 4.57 Å². The topological polar surface area (TPSA) is 30.7 Å². The third-order valence-corrected chi connectivity index (χ3v) is 4.06. The van der Waals surface area contributed by atoms with Crippen LogP contribution >= 0.6 is 23.2 Å². The number of benzene rings is 1. The number of halogens is 2. The highest BCUT2D eigenvalue weighted by atomic mass is 35.5. The highest BCUT2D eigenvalue weighted by Gasteiger charge is 2.20. The third-order valence-electron chi connectivity index (χ3n) is 3.61. The minimum Gasteiger partial charge on any atom is -0.319 e. The van der Waals surface area contributed by atoms with E-state index in [0.29, 0.717) is 0 Å². The van der Waals surface area contributed by atoms with Crippen molar-refractivity contribution in [2.75, 3.05) is 0 Å². The van der Waals surface area contributed by atoms with E-state index in [1.807, 2.05) is 37.3 Å². The molecule has 0 fully saturated rings. The molecule has 0 saturated heterocycles. The lowest BCUT2D eigenvalue weighted by Crippen LogP contribution is -2.11. The lowest BCUT2D eigenvalue weighted by molar-refractivity contribution is 0.618. The van der Waals surface area contributed by atoms with Crippen LogP contribution < -0.4 is 0 Å². The Bertz CT molecular complexity index is 763. The third kappa shape index (κ3) is 2.63. The van der Waals surface area contributed by atoms with Crippen LogP contribution in [0.4, 0.5) is 0 Å². The molecule has 0 amide bonds. The summed E-state index contributed by atoms with van der Waals surface area (Å²) < 4.78 is 2.16. The van der Waals surface area contributed by atoms with Gasteiger partial charge in [0.15, 0.2) is 0 Å². The molecule has 0 N–H and O–H groups in total. The lowest BCUT2D eigenvalue weighted by Gasteiger charge is -2.19. The Kier molecular flexibility index (Phi) is 3.87. The van der Waals surface area contributed by atoms with Gasteiger partial charge in [0.2, 0.25) is 0 Å². The Hall–Kier alpha value is -1.58. The molecule has 108 valence electrons. The van der Waals surface area contributed by atoms with Gasteiger partial charge in [-0.25, -0.2) is 4.98 Å². The van der Waals surface area contributed by atoms with Gasteiger partial charge in [-0.05, 0) is 37.6 Å². The Morgan fingerprint density at radius 1 is 1.10 bits per heavy atom. The zero-order valence-electron chi connectivity index (χ0n) is 11.8. The zero-order valence-corrected chi connectivity index (χ0v) is 13.3. The number of hydrogen-bond acceptors (Lipinski definition) is 2. The van der Waals surface area contributed by atoms with E-state index in [9.17, 15) is 0 Å². The van der Waals surface area contributed by atoms with Gasteiger partial charge in [0.05, 0.1) is 23.1 Å². The molecule has 5 heteroatoms. The zero-order chi connectivity index (χ0) is 15.0. The Labute approximate surface area is 133 Å². The highest BCUT2D eigenvalue weighted by molar-refractivity contribution is 6.30. The van der Waals surface area contributed by atoms with Crippen molar-refractivity contribution in [3.8, 4) is 0 Å². The first-order valence-electron chi connectivity index (χ1n) is 6.79. The van der Waals surface area contributed by atoms with Gasteiger partial charge in [-0.3, -0.25) is 4.98 Å². The summed E-state index contributed by atoms with van der Waals surface area (Å²) in [6, 6.07) is 9.95. The summed E-state index contributed by atoms with van der Waals surface area (Å²) in [5.74, 6) is 0.849. The molecule has 0 aliphatic carbocycles. The van der Waals surface area contributed by atoms with Crippen LogP contribution in [0.1, 0.15) is 36.7 Å². The van der Waals surface area contributed by atoms with Crippen molar-refractivity contribution in [1.29, 1.82) is 0 Å². The molecule has 0 spiro atoms. The van der Waals surface area contributed by atoms with E-state index < -0.39 is 0 Å². The lowest BCUT2D eigenvalue weighted by atomic mass is 10.1. The van der Waals surface area contributed by atoms with Gasteiger partial charge in [-0.15, -0.1) is 11.6 Å². The predicted octanol–water partition coefficient (Wildman–Crippen LogP) is 4.99. The average molecular weight is 320 g/mol. The average Bonchev–Trinajstić information content (AvgIpc) is 2.87. The van der Waals surface area contributed by atoms with Gasteiger partial charge in [-0.2, -0.15) is 0 Å². The first-order chi connectivity index (χ1) is 10.1. The van der Waals surface area contributed by atoms with Crippen molar-refractivity contribution >= 4 is 34.2 Å². The highest BCUT2D eigenvalue weighted by Crippen LogP contribution is 2.30. The molecule has 3 aromatic rings. The van der Waals surface area contributed by atoms with E-state index in [1.165, 1.54) is 0 Å². The van der Waals surface area contributed by atoms with Crippen LogP contribution in [0.5, 0.6) is 0 Å². The molecule has 2 aromatic heterocycles. The number of imidazole rings is 1. The number of nitrogens with zero attached hydrogens (tertiary/aromatic N) is 3. The van der Waals surface area contributed by atoms with E-state index in [0.717, 1.165) is 27.4 Å². The first-order valence-corrected chi connectivity index (χ1v) is 7.60. The summed E-state index contributed by atoms with van der Waals surface area (Å²) >= 11 is 12.3. The Morgan fingerprint density at radius 2 is 1.81 bits per heavy atom. The maximum Gasteiger partial charge on any atom is 0.128 e. The van der Waals surface area contributed by atoms with Crippen LogP contribution in [-0.4, -0.2) is 14.5 Å². The van der Waals surface area contributed by atoms with Crippen molar-refractivity contribution in [1.82, 2.24) is 14.5 Å². The normalized spacial score (nSPS) is 14.3. The van der Waals surface area contributed by atoms with E-state index in [4.69, 9.17) is 23.2 Å². The van der Waals surface area contributed by atoms with Crippen molar-refractivity contribution in [2.24, 2.45) is 0 Å². The molecule has 3 nitrogen and oxygen atoms in total. The molecule has 21 heavy (non-hydrogen) atoms. The molecule has 0 radical (unpaired) electrons. The molecular weight excluding hydrogens is 305 g/mol. The van der Waals surface area contributed by atoms with Gasteiger partial charge in [0, 0.05) is 11.2 Å². The predicted molar refractivity (Wildman–Crippen MR) is 87.1 cm³/mol. The molecule has 2 atom stereocenters. The molecule has 2 unspecified atom stereocenters. The van der Waals surface area contributed by atoms with Crippen LogP contribution in [-0.2, 0) is 0 Å². The first kappa shape index (κ1) is 14.4.